The molecule has 2 unspecified atom stereocenters. The molecule has 0 radical (unpaired) electrons. The van der Waals surface area contributed by atoms with Gasteiger partial charge in [0, 0.05) is 13.2 Å². The molecule has 0 saturated carbocycles. The monoisotopic (exact) mass is 170 g/mol. The van der Waals surface area contributed by atoms with E-state index in [4.69, 9.17) is 4.74 Å². The van der Waals surface area contributed by atoms with Gasteiger partial charge in [-0.25, -0.2) is 0 Å². The van der Waals surface area contributed by atoms with Crippen LogP contribution in [-0.4, -0.2) is 13.2 Å². The molecular weight excluding hydrogens is 148 g/mol. The summed E-state index contributed by atoms with van der Waals surface area (Å²) in [5, 5.41) is 0. The molecule has 0 aromatic rings. The molecule has 1 fully saturated rings. The molecule has 1 rings (SSSR count). The molecule has 0 aromatic carbocycles. The Hall–Kier alpha value is -0.0400. The lowest BCUT2D eigenvalue weighted by Gasteiger charge is -2.22. The van der Waals surface area contributed by atoms with E-state index in [1.54, 1.807) is 0 Å². The first-order valence-corrected chi connectivity index (χ1v) is 5.31. The van der Waals surface area contributed by atoms with Crippen molar-refractivity contribution in [2.24, 2.45) is 17.8 Å². The molecule has 2 atom stereocenters. The van der Waals surface area contributed by atoms with Gasteiger partial charge in [0.05, 0.1) is 0 Å². The molecule has 1 heteroatoms. The van der Waals surface area contributed by atoms with E-state index >= 15 is 0 Å². The van der Waals surface area contributed by atoms with E-state index in [0.717, 1.165) is 31.0 Å². The molecule has 12 heavy (non-hydrogen) atoms. The minimum absolute atomic E-state index is 0.843. The van der Waals surface area contributed by atoms with Gasteiger partial charge in [-0.1, -0.05) is 27.2 Å². The topological polar surface area (TPSA) is 9.23 Å². The third-order valence-corrected chi connectivity index (χ3v) is 2.93. The van der Waals surface area contributed by atoms with Crippen LogP contribution in [0.25, 0.3) is 0 Å². The van der Waals surface area contributed by atoms with Crippen LogP contribution in [0.15, 0.2) is 0 Å². The highest BCUT2D eigenvalue weighted by molar-refractivity contribution is 4.73. The average molecular weight is 170 g/mol. The maximum absolute atomic E-state index is 5.42. The van der Waals surface area contributed by atoms with Gasteiger partial charge >= 0.3 is 0 Å². The second kappa shape index (κ2) is 4.86. The SMILES string of the molecule is CCC(CC(C)C)C1CCOC1. The Balaban J connectivity index is 2.32. The van der Waals surface area contributed by atoms with Crippen LogP contribution in [0.1, 0.15) is 40.0 Å². The number of hydrogen-bond acceptors (Lipinski definition) is 1. The van der Waals surface area contributed by atoms with E-state index in [1.807, 2.05) is 0 Å². The average Bonchev–Trinajstić information content (AvgIpc) is 2.51. The van der Waals surface area contributed by atoms with Gasteiger partial charge < -0.3 is 4.74 Å². The fourth-order valence-corrected chi connectivity index (χ4v) is 2.22. The lowest BCUT2D eigenvalue weighted by Crippen LogP contribution is -2.16. The van der Waals surface area contributed by atoms with Crippen molar-refractivity contribution >= 4 is 0 Å². The minimum atomic E-state index is 0.843. The molecule has 1 heterocycles. The van der Waals surface area contributed by atoms with Crippen LogP contribution in [0.5, 0.6) is 0 Å². The van der Waals surface area contributed by atoms with Crippen molar-refractivity contribution in [3.8, 4) is 0 Å². The largest absolute Gasteiger partial charge is 0.381 e. The first-order valence-electron chi connectivity index (χ1n) is 5.31. The van der Waals surface area contributed by atoms with Crippen LogP contribution in [0.3, 0.4) is 0 Å². The van der Waals surface area contributed by atoms with Gasteiger partial charge in [-0.2, -0.15) is 0 Å². The quantitative estimate of drug-likeness (QED) is 0.630. The van der Waals surface area contributed by atoms with E-state index in [-0.39, 0.29) is 0 Å². The van der Waals surface area contributed by atoms with E-state index < -0.39 is 0 Å². The van der Waals surface area contributed by atoms with Crippen molar-refractivity contribution in [3.63, 3.8) is 0 Å². The van der Waals surface area contributed by atoms with Gasteiger partial charge in [-0.15, -0.1) is 0 Å². The van der Waals surface area contributed by atoms with Gasteiger partial charge in [-0.3, -0.25) is 0 Å². The Morgan fingerprint density at radius 2 is 2.17 bits per heavy atom. The van der Waals surface area contributed by atoms with E-state index in [0.29, 0.717) is 0 Å². The van der Waals surface area contributed by atoms with Crippen molar-refractivity contribution in [3.05, 3.63) is 0 Å². The summed E-state index contributed by atoms with van der Waals surface area (Å²) in [4.78, 5) is 0. The summed E-state index contributed by atoms with van der Waals surface area (Å²) in [5.74, 6) is 2.61. The van der Waals surface area contributed by atoms with Crippen molar-refractivity contribution in [2.75, 3.05) is 13.2 Å². The van der Waals surface area contributed by atoms with Gasteiger partial charge in [0.2, 0.25) is 0 Å². The van der Waals surface area contributed by atoms with Gasteiger partial charge in [0.15, 0.2) is 0 Å². The van der Waals surface area contributed by atoms with E-state index in [9.17, 15) is 0 Å². The molecule has 0 bridgehead atoms. The molecule has 72 valence electrons. The fourth-order valence-electron chi connectivity index (χ4n) is 2.22. The molecule has 1 nitrogen and oxygen atoms in total. The molecule has 0 spiro atoms. The Morgan fingerprint density at radius 1 is 1.42 bits per heavy atom. The summed E-state index contributed by atoms with van der Waals surface area (Å²) in [7, 11) is 0. The Kier molecular flexibility index (Phi) is 4.07. The summed E-state index contributed by atoms with van der Waals surface area (Å²) in [6.07, 6.45) is 4.00. The summed E-state index contributed by atoms with van der Waals surface area (Å²) >= 11 is 0. The fraction of sp³-hybridized carbons (Fsp3) is 1.00. The molecule has 1 aliphatic rings. The summed E-state index contributed by atoms with van der Waals surface area (Å²) < 4.78 is 5.42. The lowest BCUT2D eigenvalue weighted by atomic mass is 9.83. The Morgan fingerprint density at radius 3 is 2.58 bits per heavy atom. The second-order valence-corrected chi connectivity index (χ2v) is 4.42. The Labute approximate surface area is 76.5 Å². The zero-order valence-electron chi connectivity index (χ0n) is 8.68. The zero-order valence-corrected chi connectivity index (χ0v) is 8.68. The maximum atomic E-state index is 5.42. The zero-order chi connectivity index (χ0) is 8.97. The number of hydrogen-bond donors (Lipinski definition) is 0. The molecule has 1 aliphatic heterocycles. The summed E-state index contributed by atoms with van der Waals surface area (Å²) in [5.41, 5.74) is 0. The first kappa shape index (κ1) is 10.0. The maximum Gasteiger partial charge on any atom is 0.0497 e. The summed E-state index contributed by atoms with van der Waals surface area (Å²) in [6, 6.07) is 0. The van der Waals surface area contributed by atoms with Crippen LogP contribution in [-0.2, 0) is 4.74 Å². The van der Waals surface area contributed by atoms with Gasteiger partial charge in [-0.05, 0) is 30.6 Å². The molecule has 0 aliphatic carbocycles. The highest BCUT2D eigenvalue weighted by Crippen LogP contribution is 2.29. The van der Waals surface area contributed by atoms with Gasteiger partial charge in [0.1, 0.15) is 0 Å². The third kappa shape index (κ3) is 2.78. The predicted molar refractivity (Wildman–Crippen MR) is 52.2 cm³/mol. The number of rotatable bonds is 4. The van der Waals surface area contributed by atoms with Crippen LogP contribution >= 0.6 is 0 Å². The third-order valence-electron chi connectivity index (χ3n) is 2.93. The van der Waals surface area contributed by atoms with Crippen LogP contribution in [0.2, 0.25) is 0 Å². The highest BCUT2D eigenvalue weighted by Gasteiger charge is 2.24. The van der Waals surface area contributed by atoms with Crippen molar-refractivity contribution in [1.82, 2.24) is 0 Å². The first-order chi connectivity index (χ1) is 5.74. The predicted octanol–water partition coefficient (Wildman–Crippen LogP) is 3.10. The van der Waals surface area contributed by atoms with Crippen LogP contribution in [0.4, 0.5) is 0 Å². The second-order valence-electron chi connectivity index (χ2n) is 4.42. The normalized spacial score (nSPS) is 26.5. The minimum Gasteiger partial charge on any atom is -0.381 e. The summed E-state index contributed by atoms with van der Waals surface area (Å²) in [6.45, 7) is 8.97. The van der Waals surface area contributed by atoms with Crippen molar-refractivity contribution < 1.29 is 4.74 Å². The molecular formula is C11H22O. The van der Waals surface area contributed by atoms with E-state index in [2.05, 4.69) is 20.8 Å². The van der Waals surface area contributed by atoms with Crippen LogP contribution in [0, 0.1) is 17.8 Å². The van der Waals surface area contributed by atoms with Crippen molar-refractivity contribution in [1.29, 1.82) is 0 Å². The van der Waals surface area contributed by atoms with Gasteiger partial charge in [0.25, 0.3) is 0 Å². The smallest absolute Gasteiger partial charge is 0.0497 e. The number of ether oxygens (including phenoxy) is 1. The molecule has 0 aromatic heterocycles. The standard InChI is InChI=1S/C11H22O/c1-4-10(7-9(2)3)11-5-6-12-8-11/h9-11H,4-8H2,1-3H3. The van der Waals surface area contributed by atoms with E-state index in [1.165, 1.54) is 19.3 Å². The van der Waals surface area contributed by atoms with Crippen molar-refractivity contribution in [2.45, 2.75) is 40.0 Å². The molecule has 1 saturated heterocycles. The lowest BCUT2D eigenvalue weighted by molar-refractivity contribution is 0.164. The Bertz CT molecular complexity index is 114. The molecule has 0 N–H and O–H groups in total. The molecule has 0 amide bonds. The van der Waals surface area contributed by atoms with Crippen LogP contribution < -0.4 is 0 Å². The highest BCUT2D eigenvalue weighted by atomic mass is 16.5.